The van der Waals surface area contributed by atoms with Crippen LogP contribution in [0.2, 0.25) is 0 Å². The number of nitrogens with zero attached hydrogens (tertiary/aromatic N) is 3. The summed E-state index contributed by atoms with van der Waals surface area (Å²) >= 11 is 6.28. The molecule has 0 aliphatic heterocycles. The van der Waals surface area contributed by atoms with Gasteiger partial charge in [0.05, 0.1) is 30.9 Å². The van der Waals surface area contributed by atoms with Crippen molar-refractivity contribution in [2.24, 2.45) is 0 Å². The van der Waals surface area contributed by atoms with Crippen LogP contribution in [-0.2, 0) is 22.2 Å². The van der Waals surface area contributed by atoms with Gasteiger partial charge in [-0.1, -0.05) is 12.1 Å². The lowest BCUT2D eigenvalue weighted by molar-refractivity contribution is -0.137. The van der Waals surface area contributed by atoms with E-state index < -0.39 is 23.7 Å². The van der Waals surface area contributed by atoms with E-state index in [2.05, 4.69) is 20.7 Å². The highest BCUT2D eigenvalue weighted by Gasteiger charge is 2.30. The van der Waals surface area contributed by atoms with E-state index in [0.29, 0.717) is 11.1 Å². The van der Waals surface area contributed by atoms with E-state index in [4.69, 9.17) is 21.7 Å². The standard InChI is InChI=1S/C22H22F3N5O4S2/c1-4-33-18(31)15-12(3)16(19(32)34-5-2)36-17(15)27-21(35)28-20-26-11-30(29-20)10-13-7-6-8-14(9-13)22(23,24)25/h6-9,11H,4-5,10H2,1-3H3,(H2,27,28,29,35). The number of ether oxygens (including phenoxy) is 2. The number of hydrogen-bond donors (Lipinski definition) is 2. The number of carbonyl (C=O) groups excluding carboxylic acids is 2. The maximum absolute atomic E-state index is 12.9. The van der Waals surface area contributed by atoms with Gasteiger partial charge in [-0.15, -0.1) is 16.4 Å². The van der Waals surface area contributed by atoms with Gasteiger partial charge in [0, 0.05) is 0 Å². The van der Waals surface area contributed by atoms with Crippen molar-refractivity contribution in [2.75, 3.05) is 23.8 Å². The van der Waals surface area contributed by atoms with Crippen molar-refractivity contribution in [3.05, 3.63) is 57.7 Å². The second-order valence-electron chi connectivity index (χ2n) is 7.24. The highest BCUT2D eigenvalue weighted by Crippen LogP contribution is 2.34. The minimum Gasteiger partial charge on any atom is -0.462 e. The predicted molar refractivity (Wildman–Crippen MR) is 131 cm³/mol. The van der Waals surface area contributed by atoms with Crippen LogP contribution in [0.5, 0.6) is 0 Å². The van der Waals surface area contributed by atoms with E-state index in [1.54, 1.807) is 26.8 Å². The van der Waals surface area contributed by atoms with Crippen molar-refractivity contribution < 1.29 is 32.2 Å². The fourth-order valence-corrected chi connectivity index (χ4v) is 4.49. The van der Waals surface area contributed by atoms with E-state index in [9.17, 15) is 22.8 Å². The molecule has 9 nitrogen and oxygen atoms in total. The summed E-state index contributed by atoms with van der Waals surface area (Å²) < 4.78 is 50.3. The van der Waals surface area contributed by atoms with Gasteiger partial charge in [-0.25, -0.2) is 19.3 Å². The Balaban J connectivity index is 1.73. The molecule has 2 aromatic heterocycles. The summed E-state index contributed by atoms with van der Waals surface area (Å²) in [5, 5.41) is 10.1. The smallest absolute Gasteiger partial charge is 0.416 e. The lowest BCUT2D eigenvalue weighted by atomic mass is 10.1. The SMILES string of the molecule is CCOC(=O)c1sc(NC(=S)Nc2ncn(Cc3cccc(C(F)(F)F)c3)n2)c(C(=O)OCC)c1C. The lowest BCUT2D eigenvalue weighted by Gasteiger charge is -2.09. The van der Waals surface area contributed by atoms with Crippen molar-refractivity contribution in [1.82, 2.24) is 14.8 Å². The van der Waals surface area contributed by atoms with Gasteiger partial charge in [0.15, 0.2) is 5.11 Å². The molecule has 0 fully saturated rings. The molecule has 0 bridgehead atoms. The second kappa shape index (κ2) is 11.5. The molecule has 0 spiro atoms. The molecule has 0 saturated carbocycles. The minimum atomic E-state index is -4.45. The number of esters is 2. The van der Waals surface area contributed by atoms with Crippen molar-refractivity contribution in [3.8, 4) is 0 Å². The number of hydrogen-bond acceptors (Lipinski definition) is 8. The van der Waals surface area contributed by atoms with E-state index in [1.165, 1.54) is 17.1 Å². The fraction of sp³-hybridized carbons (Fsp3) is 0.318. The number of nitrogens with one attached hydrogen (secondary N) is 2. The van der Waals surface area contributed by atoms with Crippen LogP contribution in [0, 0.1) is 6.92 Å². The Labute approximate surface area is 213 Å². The van der Waals surface area contributed by atoms with Gasteiger partial charge in [-0.3, -0.25) is 5.32 Å². The highest BCUT2D eigenvalue weighted by molar-refractivity contribution is 7.80. The number of thiocarbonyl (C=S) groups is 1. The number of halogens is 3. The summed E-state index contributed by atoms with van der Waals surface area (Å²) in [4.78, 5) is 29.1. The first-order chi connectivity index (χ1) is 17.0. The van der Waals surface area contributed by atoms with Crippen LogP contribution in [0.3, 0.4) is 0 Å². The Morgan fingerprint density at radius 1 is 1.14 bits per heavy atom. The van der Waals surface area contributed by atoms with Gasteiger partial charge in [-0.2, -0.15) is 13.2 Å². The summed E-state index contributed by atoms with van der Waals surface area (Å²) in [6, 6.07) is 4.90. The van der Waals surface area contributed by atoms with Crippen molar-refractivity contribution in [3.63, 3.8) is 0 Å². The molecule has 0 amide bonds. The number of carbonyl (C=O) groups is 2. The van der Waals surface area contributed by atoms with Crippen LogP contribution in [0.4, 0.5) is 24.1 Å². The zero-order valence-electron chi connectivity index (χ0n) is 19.4. The molecular formula is C22H22F3N5O4S2. The maximum atomic E-state index is 12.9. The Morgan fingerprint density at radius 3 is 2.50 bits per heavy atom. The molecule has 0 radical (unpaired) electrons. The first-order valence-corrected chi connectivity index (χ1v) is 11.9. The number of anilines is 2. The van der Waals surface area contributed by atoms with Gasteiger partial charge < -0.3 is 14.8 Å². The quantitative estimate of drug-likeness (QED) is 0.305. The molecule has 0 saturated heterocycles. The highest BCUT2D eigenvalue weighted by atomic mass is 32.1. The molecule has 192 valence electrons. The average Bonchev–Trinajstić information content (AvgIpc) is 3.37. The van der Waals surface area contributed by atoms with Crippen LogP contribution < -0.4 is 10.6 Å². The zero-order chi connectivity index (χ0) is 26.5. The molecule has 2 N–H and O–H groups in total. The van der Waals surface area contributed by atoms with Gasteiger partial charge in [0.25, 0.3) is 0 Å². The topological polar surface area (TPSA) is 107 Å². The van der Waals surface area contributed by atoms with Crippen LogP contribution in [-0.4, -0.2) is 45.0 Å². The molecule has 3 rings (SSSR count). The monoisotopic (exact) mass is 541 g/mol. The third-order valence-electron chi connectivity index (χ3n) is 4.67. The van der Waals surface area contributed by atoms with Gasteiger partial charge in [0.1, 0.15) is 16.2 Å². The molecule has 0 aliphatic rings. The maximum Gasteiger partial charge on any atom is 0.416 e. The molecule has 14 heteroatoms. The average molecular weight is 542 g/mol. The third-order valence-corrected chi connectivity index (χ3v) is 6.07. The normalized spacial score (nSPS) is 11.2. The Bertz CT molecular complexity index is 1270. The number of rotatable bonds is 8. The first kappa shape index (κ1) is 27.1. The molecule has 0 aliphatic carbocycles. The first-order valence-electron chi connectivity index (χ1n) is 10.6. The summed E-state index contributed by atoms with van der Waals surface area (Å²) in [6.45, 7) is 5.30. The number of thiophene rings is 1. The molecular weight excluding hydrogens is 519 g/mol. The molecule has 2 heterocycles. The predicted octanol–water partition coefficient (Wildman–Crippen LogP) is 4.88. The van der Waals surface area contributed by atoms with Crippen LogP contribution in [0.25, 0.3) is 0 Å². The summed E-state index contributed by atoms with van der Waals surface area (Å²) in [5.41, 5.74) is 0.180. The Morgan fingerprint density at radius 2 is 1.83 bits per heavy atom. The summed E-state index contributed by atoms with van der Waals surface area (Å²) in [7, 11) is 0. The van der Waals surface area contributed by atoms with Crippen molar-refractivity contribution >= 4 is 51.6 Å². The number of aromatic nitrogens is 3. The third kappa shape index (κ3) is 6.57. The van der Waals surface area contributed by atoms with Gasteiger partial charge in [-0.05, 0) is 56.2 Å². The molecule has 0 atom stereocenters. The van der Waals surface area contributed by atoms with Crippen LogP contribution >= 0.6 is 23.6 Å². The largest absolute Gasteiger partial charge is 0.462 e. The van der Waals surface area contributed by atoms with E-state index in [1.807, 2.05) is 0 Å². The number of benzene rings is 1. The van der Waals surface area contributed by atoms with E-state index in [-0.39, 0.29) is 46.3 Å². The molecule has 0 unspecified atom stereocenters. The van der Waals surface area contributed by atoms with Crippen molar-refractivity contribution in [1.29, 1.82) is 0 Å². The van der Waals surface area contributed by atoms with E-state index >= 15 is 0 Å². The van der Waals surface area contributed by atoms with Gasteiger partial charge in [0.2, 0.25) is 5.95 Å². The number of alkyl halides is 3. The lowest BCUT2D eigenvalue weighted by Crippen LogP contribution is -2.21. The van der Waals surface area contributed by atoms with Crippen LogP contribution in [0.15, 0.2) is 30.6 Å². The fourth-order valence-electron chi connectivity index (χ4n) is 3.14. The Hall–Kier alpha value is -3.52. The minimum absolute atomic E-state index is 0.0222. The Kier molecular flexibility index (Phi) is 8.63. The summed E-state index contributed by atoms with van der Waals surface area (Å²) in [6.07, 6.45) is -3.11. The van der Waals surface area contributed by atoms with Crippen molar-refractivity contribution in [2.45, 2.75) is 33.5 Å². The molecule has 1 aromatic carbocycles. The molecule has 36 heavy (non-hydrogen) atoms. The van der Waals surface area contributed by atoms with Crippen LogP contribution in [0.1, 0.15) is 50.6 Å². The van der Waals surface area contributed by atoms with Gasteiger partial charge >= 0.3 is 18.1 Å². The van der Waals surface area contributed by atoms with E-state index in [0.717, 1.165) is 23.5 Å². The summed E-state index contributed by atoms with van der Waals surface area (Å²) in [5.74, 6) is -1.13. The zero-order valence-corrected chi connectivity index (χ0v) is 21.1. The second-order valence-corrected chi connectivity index (χ2v) is 8.67. The molecule has 3 aromatic rings.